The van der Waals surface area contributed by atoms with Crippen LogP contribution in [0.1, 0.15) is 18.1 Å². The fraction of sp³-hybridized carbons (Fsp3) is 0.381. The maximum Gasteiger partial charge on any atom is 0.241 e. The number of aryl methyl sites for hydroxylation is 1. The van der Waals surface area contributed by atoms with Crippen LogP contribution in [0.2, 0.25) is 0 Å². The second kappa shape index (κ2) is 8.05. The van der Waals surface area contributed by atoms with Gasteiger partial charge in [0.1, 0.15) is 17.3 Å². The number of nitrogens with zero attached hydrogens (tertiary/aromatic N) is 2. The number of carbonyl (C=O) groups excluding carboxylic acids is 1. The third kappa shape index (κ3) is 4.11. The Morgan fingerprint density at radius 3 is 2.22 bits per heavy atom. The predicted molar refractivity (Wildman–Crippen MR) is 104 cm³/mol. The van der Waals surface area contributed by atoms with E-state index in [2.05, 4.69) is 42.3 Å². The Balaban J connectivity index is 1.62. The maximum absolute atomic E-state index is 13.8. The zero-order chi connectivity index (χ0) is 19.6. The lowest BCUT2D eigenvalue weighted by Crippen LogP contribution is -2.53. The molecule has 0 spiro atoms. The number of rotatable bonds is 4. The molecule has 1 saturated heterocycles. The number of halogens is 2. The van der Waals surface area contributed by atoms with Crippen LogP contribution in [-0.4, -0.2) is 43.0 Å². The van der Waals surface area contributed by atoms with Crippen molar-refractivity contribution in [3.05, 3.63) is 59.2 Å². The molecule has 27 heavy (non-hydrogen) atoms. The van der Waals surface area contributed by atoms with Crippen LogP contribution in [0.5, 0.6) is 0 Å². The molecule has 144 valence electrons. The van der Waals surface area contributed by atoms with Crippen molar-refractivity contribution in [3.63, 3.8) is 0 Å². The molecule has 0 aliphatic carbocycles. The Bertz CT molecular complexity index is 812. The minimum atomic E-state index is -0.768. The van der Waals surface area contributed by atoms with Gasteiger partial charge in [-0.1, -0.05) is 18.2 Å². The lowest BCUT2D eigenvalue weighted by molar-refractivity contribution is -0.120. The molecule has 0 aromatic heterocycles. The molecule has 2 aromatic carbocycles. The van der Waals surface area contributed by atoms with Gasteiger partial charge in [0, 0.05) is 31.9 Å². The van der Waals surface area contributed by atoms with Crippen molar-refractivity contribution in [3.8, 4) is 0 Å². The van der Waals surface area contributed by atoms with Gasteiger partial charge in [0.05, 0.1) is 6.04 Å². The molecule has 1 fully saturated rings. The fourth-order valence-corrected chi connectivity index (χ4v) is 3.44. The summed E-state index contributed by atoms with van der Waals surface area (Å²) in [6.07, 6.45) is 0. The molecule has 6 heteroatoms. The van der Waals surface area contributed by atoms with Crippen LogP contribution < -0.4 is 10.2 Å². The number of anilines is 2. The van der Waals surface area contributed by atoms with Crippen LogP contribution in [0.25, 0.3) is 0 Å². The van der Waals surface area contributed by atoms with Gasteiger partial charge >= 0.3 is 0 Å². The zero-order valence-electron chi connectivity index (χ0n) is 15.9. The van der Waals surface area contributed by atoms with E-state index in [1.807, 2.05) is 4.90 Å². The monoisotopic (exact) mass is 373 g/mol. The van der Waals surface area contributed by atoms with Crippen molar-refractivity contribution >= 4 is 17.3 Å². The van der Waals surface area contributed by atoms with Crippen molar-refractivity contribution in [2.75, 3.05) is 36.4 Å². The van der Waals surface area contributed by atoms with Gasteiger partial charge in [-0.2, -0.15) is 0 Å². The Kier molecular flexibility index (Phi) is 5.75. The summed E-state index contributed by atoms with van der Waals surface area (Å²) in [7, 11) is 0. The number of carbonyl (C=O) groups is 1. The summed E-state index contributed by atoms with van der Waals surface area (Å²) in [5, 5.41) is 2.39. The van der Waals surface area contributed by atoms with Gasteiger partial charge in [-0.3, -0.25) is 9.69 Å². The van der Waals surface area contributed by atoms with E-state index in [1.54, 1.807) is 6.92 Å². The molecule has 1 atom stereocenters. The molecule has 1 aliphatic heterocycles. The second-order valence-corrected chi connectivity index (χ2v) is 7.00. The predicted octanol–water partition coefficient (Wildman–Crippen LogP) is 3.73. The summed E-state index contributed by atoms with van der Waals surface area (Å²) in [6, 6.07) is 9.35. The van der Waals surface area contributed by atoms with E-state index in [0.717, 1.165) is 25.2 Å². The van der Waals surface area contributed by atoms with E-state index in [4.69, 9.17) is 0 Å². The number of nitrogens with one attached hydrogen (secondary N) is 1. The number of benzene rings is 2. The minimum absolute atomic E-state index is 0.386. The highest BCUT2D eigenvalue weighted by atomic mass is 19.1. The first-order chi connectivity index (χ1) is 12.9. The SMILES string of the molecule is Cc1cccc(N2CCN([C@H](C)C(=O)Nc3c(F)cccc3F)CC2)c1C. The molecule has 2 aromatic rings. The van der Waals surface area contributed by atoms with Crippen LogP contribution in [0.4, 0.5) is 20.2 Å². The lowest BCUT2D eigenvalue weighted by Gasteiger charge is -2.39. The summed E-state index contributed by atoms with van der Waals surface area (Å²) >= 11 is 0. The standard InChI is InChI=1S/C21H25F2N3O/c1-14-6-4-9-19(15(14)2)26-12-10-25(11-13-26)16(3)21(27)24-20-17(22)7-5-8-18(20)23/h4-9,16H,10-13H2,1-3H3,(H,24,27)/t16-/m1/s1. The van der Waals surface area contributed by atoms with E-state index in [1.165, 1.54) is 22.9 Å². The van der Waals surface area contributed by atoms with Crippen molar-refractivity contribution in [1.82, 2.24) is 4.90 Å². The summed E-state index contributed by atoms with van der Waals surface area (Å²) < 4.78 is 27.5. The molecule has 0 saturated carbocycles. The summed E-state index contributed by atoms with van der Waals surface area (Å²) in [4.78, 5) is 16.8. The number of amides is 1. The number of piperazine rings is 1. The van der Waals surface area contributed by atoms with Crippen molar-refractivity contribution < 1.29 is 13.6 Å². The minimum Gasteiger partial charge on any atom is -0.369 e. The third-order valence-electron chi connectivity index (χ3n) is 5.37. The van der Waals surface area contributed by atoms with Gasteiger partial charge in [0.15, 0.2) is 0 Å². The van der Waals surface area contributed by atoms with E-state index in [9.17, 15) is 13.6 Å². The van der Waals surface area contributed by atoms with Crippen LogP contribution in [0.3, 0.4) is 0 Å². The molecule has 0 bridgehead atoms. The maximum atomic E-state index is 13.8. The van der Waals surface area contributed by atoms with Crippen LogP contribution in [-0.2, 0) is 4.79 Å². The van der Waals surface area contributed by atoms with Gasteiger partial charge in [-0.15, -0.1) is 0 Å². The Morgan fingerprint density at radius 1 is 1.00 bits per heavy atom. The van der Waals surface area contributed by atoms with E-state index < -0.39 is 23.6 Å². The van der Waals surface area contributed by atoms with Gasteiger partial charge in [0.25, 0.3) is 0 Å². The van der Waals surface area contributed by atoms with Crippen molar-refractivity contribution in [2.45, 2.75) is 26.8 Å². The first-order valence-corrected chi connectivity index (χ1v) is 9.18. The lowest BCUT2D eigenvalue weighted by atomic mass is 10.1. The first kappa shape index (κ1) is 19.3. The Morgan fingerprint density at radius 2 is 1.59 bits per heavy atom. The first-order valence-electron chi connectivity index (χ1n) is 9.18. The molecule has 4 nitrogen and oxygen atoms in total. The number of hydrogen-bond acceptors (Lipinski definition) is 3. The average molecular weight is 373 g/mol. The van der Waals surface area contributed by atoms with Gasteiger partial charge < -0.3 is 10.2 Å². The quantitative estimate of drug-likeness (QED) is 0.887. The van der Waals surface area contributed by atoms with Crippen LogP contribution >= 0.6 is 0 Å². The smallest absolute Gasteiger partial charge is 0.241 e. The highest BCUT2D eigenvalue weighted by molar-refractivity contribution is 5.94. The molecule has 1 aliphatic rings. The molecule has 0 radical (unpaired) electrons. The van der Waals surface area contributed by atoms with Crippen LogP contribution in [0, 0.1) is 25.5 Å². The summed E-state index contributed by atoms with van der Waals surface area (Å²) in [6.45, 7) is 9.01. The summed E-state index contributed by atoms with van der Waals surface area (Å²) in [5.74, 6) is -1.94. The molecule has 1 amide bonds. The number of hydrogen-bond donors (Lipinski definition) is 1. The van der Waals surface area contributed by atoms with Crippen molar-refractivity contribution in [1.29, 1.82) is 0 Å². The second-order valence-electron chi connectivity index (χ2n) is 7.00. The molecular weight excluding hydrogens is 348 g/mol. The van der Waals surface area contributed by atoms with Crippen molar-refractivity contribution in [2.24, 2.45) is 0 Å². The Labute approximate surface area is 158 Å². The van der Waals surface area contributed by atoms with Gasteiger partial charge in [0.2, 0.25) is 5.91 Å². The summed E-state index contributed by atoms with van der Waals surface area (Å²) in [5.41, 5.74) is 3.37. The zero-order valence-corrected chi connectivity index (χ0v) is 15.9. The largest absolute Gasteiger partial charge is 0.369 e. The molecule has 1 heterocycles. The fourth-order valence-electron chi connectivity index (χ4n) is 3.44. The van der Waals surface area contributed by atoms with E-state index in [0.29, 0.717) is 13.1 Å². The van der Waals surface area contributed by atoms with Crippen LogP contribution in [0.15, 0.2) is 36.4 Å². The Hall–Kier alpha value is -2.47. The topological polar surface area (TPSA) is 35.6 Å². The van der Waals surface area contributed by atoms with E-state index >= 15 is 0 Å². The molecule has 1 N–H and O–H groups in total. The van der Waals surface area contributed by atoms with E-state index in [-0.39, 0.29) is 5.69 Å². The molecule has 3 rings (SSSR count). The van der Waals surface area contributed by atoms with Gasteiger partial charge in [-0.25, -0.2) is 8.78 Å². The van der Waals surface area contributed by atoms with Gasteiger partial charge in [-0.05, 0) is 50.1 Å². The highest BCUT2D eigenvalue weighted by Gasteiger charge is 2.27. The number of para-hydroxylation sites is 1. The highest BCUT2D eigenvalue weighted by Crippen LogP contribution is 2.24. The third-order valence-corrected chi connectivity index (χ3v) is 5.37. The molecule has 0 unspecified atom stereocenters. The normalized spacial score (nSPS) is 16.3. The molecular formula is C21H25F2N3O. The average Bonchev–Trinajstić information content (AvgIpc) is 2.66.